The Kier molecular flexibility index (Phi) is 5.57. The van der Waals surface area contributed by atoms with Gasteiger partial charge in [0.1, 0.15) is 5.75 Å². The van der Waals surface area contributed by atoms with E-state index < -0.39 is 0 Å². The molecule has 3 rings (SSSR count). The summed E-state index contributed by atoms with van der Waals surface area (Å²) in [6.45, 7) is 7.25. The summed E-state index contributed by atoms with van der Waals surface area (Å²) >= 11 is 1.54. The first kappa shape index (κ1) is 18.1. The summed E-state index contributed by atoms with van der Waals surface area (Å²) in [5.41, 5.74) is 1.83. The Hall–Kier alpha value is -1.69. The average molecular weight is 362 g/mol. The highest BCUT2D eigenvalue weighted by molar-refractivity contribution is 8.00. The van der Waals surface area contributed by atoms with E-state index in [1.54, 1.807) is 18.9 Å². The zero-order valence-electron chi connectivity index (χ0n) is 15.4. The topological polar surface area (TPSA) is 58.2 Å². The smallest absolute Gasteiger partial charge is 0.236 e. The second-order valence-electron chi connectivity index (χ2n) is 7.08. The van der Waals surface area contributed by atoms with Gasteiger partial charge in [0.2, 0.25) is 5.91 Å². The molecule has 1 aliphatic heterocycles. The predicted molar refractivity (Wildman–Crippen MR) is 102 cm³/mol. The maximum atomic E-state index is 13.1. The molecule has 6 heteroatoms. The minimum Gasteiger partial charge on any atom is -0.497 e. The molecule has 0 bridgehead atoms. The maximum Gasteiger partial charge on any atom is 0.236 e. The molecule has 136 valence electrons. The van der Waals surface area contributed by atoms with Crippen LogP contribution >= 0.6 is 11.8 Å². The number of fused-ring (bicyclic) bond motifs is 1. The minimum absolute atomic E-state index is 0.122. The van der Waals surface area contributed by atoms with Crippen molar-refractivity contribution in [2.45, 2.75) is 56.5 Å². The second-order valence-corrected chi connectivity index (χ2v) is 8.21. The lowest BCUT2D eigenvalue weighted by atomic mass is 10.0. The monoisotopic (exact) mass is 361 g/mol. The molecule has 25 heavy (non-hydrogen) atoms. The standard InChI is InChI=1S/C19H27N3O2S/c1-12(2)17(18(23)22-10-6-5-7-13(22)3)25-19-20-15-9-8-14(24-4)11-16(15)21-19/h8-9,11-13,17H,5-7,10H2,1-4H3,(H,20,21). The average Bonchev–Trinajstić information content (AvgIpc) is 3.00. The van der Waals surface area contributed by atoms with Crippen LogP contribution in [-0.4, -0.2) is 45.7 Å². The molecule has 1 aliphatic rings. The Balaban J connectivity index is 1.80. The van der Waals surface area contributed by atoms with Crippen LogP contribution < -0.4 is 4.74 Å². The number of aromatic nitrogens is 2. The molecule has 0 aliphatic carbocycles. The Morgan fingerprint density at radius 3 is 2.88 bits per heavy atom. The molecule has 1 amide bonds. The lowest BCUT2D eigenvalue weighted by molar-refractivity contribution is -0.134. The molecule has 2 atom stereocenters. The van der Waals surface area contributed by atoms with Crippen LogP contribution in [-0.2, 0) is 4.79 Å². The molecule has 0 saturated carbocycles. The van der Waals surface area contributed by atoms with Gasteiger partial charge in [0, 0.05) is 18.7 Å². The number of thioether (sulfide) groups is 1. The first-order chi connectivity index (χ1) is 12.0. The molecule has 2 aromatic rings. The molecule has 0 radical (unpaired) electrons. The van der Waals surface area contributed by atoms with Gasteiger partial charge in [-0.1, -0.05) is 25.6 Å². The molecular weight excluding hydrogens is 334 g/mol. The summed E-state index contributed by atoms with van der Waals surface area (Å²) in [6.07, 6.45) is 3.43. The van der Waals surface area contributed by atoms with Crippen LogP contribution in [0, 0.1) is 5.92 Å². The van der Waals surface area contributed by atoms with Crippen LogP contribution in [0.5, 0.6) is 5.75 Å². The summed E-state index contributed by atoms with van der Waals surface area (Å²) in [4.78, 5) is 23.1. The molecule has 1 aromatic carbocycles. The zero-order chi connectivity index (χ0) is 18.0. The first-order valence-corrected chi connectivity index (χ1v) is 9.88. The number of methoxy groups -OCH3 is 1. The number of carbonyl (C=O) groups excluding carboxylic acids is 1. The van der Waals surface area contributed by atoms with Crippen molar-refractivity contribution < 1.29 is 9.53 Å². The normalized spacial score (nSPS) is 19.4. The van der Waals surface area contributed by atoms with Gasteiger partial charge < -0.3 is 14.6 Å². The molecule has 1 N–H and O–H groups in total. The van der Waals surface area contributed by atoms with Crippen molar-refractivity contribution >= 4 is 28.7 Å². The van der Waals surface area contributed by atoms with E-state index >= 15 is 0 Å². The van der Waals surface area contributed by atoms with E-state index in [1.807, 2.05) is 18.2 Å². The van der Waals surface area contributed by atoms with E-state index in [0.29, 0.717) is 6.04 Å². The molecular formula is C19H27N3O2S. The Bertz CT molecular complexity index is 743. The number of nitrogens with one attached hydrogen (secondary N) is 1. The number of hydrogen-bond donors (Lipinski definition) is 1. The fraction of sp³-hybridized carbons (Fsp3) is 0.579. The van der Waals surface area contributed by atoms with E-state index in [4.69, 9.17) is 4.74 Å². The van der Waals surface area contributed by atoms with Crippen molar-refractivity contribution in [2.24, 2.45) is 5.92 Å². The van der Waals surface area contributed by atoms with Crippen molar-refractivity contribution in [2.75, 3.05) is 13.7 Å². The van der Waals surface area contributed by atoms with Crippen molar-refractivity contribution in [3.8, 4) is 5.75 Å². The molecule has 2 heterocycles. The number of H-pyrrole nitrogens is 1. The highest BCUT2D eigenvalue weighted by Gasteiger charge is 2.32. The van der Waals surface area contributed by atoms with Crippen LogP contribution in [0.1, 0.15) is 40.0 Å². The summed E-state index contributed by atoms with van der Waals surface area (Å²) in [7, 11) is 1.65. The first-order valence-electron chi connectivity index (χ1n) is 9.00. The SMILES string of the molecule is COc1ccc2nc(SC(C(=O)N3CCCCC3C)C(C)C)[nH]c2c1. The Labute approximate surface area is 153 Å². The number of rotatable bonds is 5. The number of nitrogens with zero attached hydrogens (tertiary/aromatic N) is 2. The number of ether oxygens (including phenoxy) is 1. The van der Waals surface area contributed by atoms with Crippen LogP contribution in [0.2, 0.25) is 0 Å². The zero-order valence-corrected chi connectivity index (χ0v) is 16.2. The fourth-order valence-corrected chi connectivity index (χ4v) is 4.40. The summed E-state index contributed by atoms with van der Waals surface area (Å²) < 4.78 is 5.26. The van der Waals surface area contributed by atoms with Crippen LogP contribution in [0.3, 0.4) is 0 Å². The fourth-order valence-electron chi connectivity index (χ4n) is 3.33. The van der Waals surface area contributed by atoms with Gasteiger partial charge in [0.25, 0.3) is 0 Å². The number of carbonyl (C=O) groups is 1. The lowest BCUT2D eigenvalue weighted by Crippen LogP contribution is -2.47. The number of likely N-dealkylation sites (tertiary alicyclic amines) is 1. The van der Waals surface area contributed by atoms with Gasteiger partial charge >= 0.3 is 0 Å². The number of benzene rings is 1. The van der Waals surface area contributed by atoms with Gasteiger partial charge in [-0.05, 0) is 44.2 Å². The summed E-state index contributed by atoms with van der Waals surface area (Å²) in [5.74, 6) is 1.28. The Morgan fingerprint density at radius 1 is 1.40 bits per heavy atom. The van der Waals surface area contributed by atoms with E-state index in [9.17, 15) is 4.79 Å². The van der Waals surface area contributed by atoms with Crippen LogP contribution in [0.25, 0.3) is 11.0 Å². The van der Waals surface area contributed by atoms with E-state index in [0.717, 1.165) is 41.3 Å². The van der Waals surface area contributed by atoms with E-state index in [-0.39, 0.29) is 17.1 Å². The highest BCUT2D eigenvalue weighted by Crippen LogP contribution is 2.31. The number of hydrogen-bond acceptors (Lipinski definition) is 4. The molecule has 1 aromatic heterocycles. The van der Waals surface area contributed by atoms with E-state index in [2.05, 4.69) is 35.6 Å². The molecule has 1 saturated heterocycles. The third-order valence-corrected chi connectivity index (χ3v) is 6.26. The second kappa shape index (κ2) is 7.68. The van der Waals surface area contributed by atoms with Gasteiger partial charge in [0.15, 0.2) is 5.16 Å². The quantitative estimate of drug-likeness (QED) is 0.815. The minimum atomic E-state index is -0.122. The van der Waals surface area contributed by atoms with Gasteiger partial charge in [-0.15, -0.1) is 0 Å². The van der Waals surface area contributed by atoms with E-state index in [1.165, 1.54) is 6.42 Å². The van der Waals surface area contributed by atoms with Gasteiger partial charge in [-0.3, -0.25) is 4.79 Å². The summed E-state index contributed by atoms with van der Waals surface area (Å²) in [6, 6.07) is 6.11. The number of amides is 1. The highest BCUT2D eigenvalue weighted by atomic mass is 32.2. The van der Waals surface area contributed by atoms with Crippen molar-refractivity contribution in [1.29, 1.82) is 0 Å². The van der Waals surface area contributed by atoms with Crippen LogP contribution in [0.15, 0.2) is 23.4 Å². The number of aromatic amines is 1. The third kappa shape index (κ3) is 3.94. The van der Waals surface area contributed by atoms with Crippen LogP contribution in [0.4, 0.5) is 0 Å². The predicted octanol–water partition coefficient (Wildman–Crippen LogP) is 4.09. The lowest BCUT2D eigenvalue weighted by Gasteiger charge is -2.36. The maximum absolute atomic E-state index is 13.1. The Morgan fingerprint density at radius 2 is 2.20 bits per heavy atom. The molecule has 1 fully saturated rings. The summed E-state index contributed by atoms with van der Waals surface area (Å²) in [5, 5.41) is 0.669. The molecule has 0 spiro atoms. The third-order valence-electron chi connectivity index (χ3n) is 4.84. The largest absolute Gasteiger partial charge is 0.497 e. The number of imidazole rings is 1. The van der Waals surface area contributed by atoms with Gasteiger partial charge in [0.05, 0.1) is 23.4 Å². The molecule has 5 nitrogen and oxygen atoms in total. The van der Waals surface area contributed by atoms with Crippen molar-refractivity contribution in [3.63, 3.8) is 0 Å². The van der Waals surface area contributed by atoms with Gasteiger partial charge in [-0.2, -0.15) is 0 Å². The van der Waals surface area contributed by atoms with Gasteiger partial charge in [-0.25, -0.2) is 4.98 Å². The van der Waals surface area contributed by atoms with Crippen molar-refractivity contribution in [3.05, 3.63) is 18.2 Å². The molecule has 2 unspecified atom stereocenters. The number of piperidine rings is 1. The van der Waals surface area contributed by atoms with Crippen molar-refractivity contribution in [1.82, 2.24) is 14.9 Å².